The van der Waals surface area contributed by atoms with E-state index in [-0.39, 0.29) is 11.5 Å². The van der Waals surface area contributed by atoms with E-state index in [4.69, 9.17) is 0 Å². The van der Waals surface area contributed by atoms with Gasteiger partial charge in [0.15, 0.2) is 5.13 Å². The maximum Gasteiger partial charge on any atom is 0.258 e. The van der Waals surface area contributed by atoms with Crippen LogP contribution in [0.2, 0.25) is 0 Å². The Morgan fingerprint density at radius 1 is 1.21 bits per heavy atom. The second-order valence-corrected chi connectivity index (χ2v) is 6.42. The molecule has 1 aromatic carbocycles. The third kappa shape index (κ3) is 3.60. The van der Waals surface area contributed by atoms with Gasteiger partial charge in [-0.2, -0.15) is 0 Å². The number of benzene rings is 1. The van der Waals surface area contributed by atoms with Crippen molar-refractivity contribution in [2.24, 2.45) is 0 Å². The highest BCUT2D eigenvalue weighted by Crippen LogP contribution is 2.15. The van der Waals surface area contributed by atoms with E-state index in [1.54, 1.807) is 10.8 Å². The topological polar surface area (TPSA) is 64.0 Å². The summed E-state index contributed by atoms with van der Waals surface area (Å²) in [6.45, 7) is 4.30. The molecule has 0 fully saturated rings. The van der Waals surface area contributed by atoms with Gasteiger partial charge in [-0.3, -0.25) is 14.9 Å². The van der Waals surface area contributed by atoms with Crippen LogP contribution in [0, 0.1) is 13.8 Å². The van der Waals surface area contributed by atoms with Crippen molar-refractivity contribution in [2.45, 2.75) is 20.4 Å². The Bertz CT molecular complexity index is 943. The predicted octanol–water partition coefficient (Wildman–Crippen LogP) is 3.22. The minimum Gasteiger partial charge on any atom is -0.310 e. The van der Waals surface area contributed by atoms with E-state index in [1.807, 2.05) is 43.5 Å². The Morgan fingerprint density at radius 3 is 2.71 bits per heavy atom. The first-order chi connectivity index (χ1) is 11.5. The highest BCUT2D eigenvalue weighted by Gasteiger charge is 2.10. The van der Waals surface area contributed by atoms with E-state index in [1.165, 1.54) is 23.5 Å². The average Bonchev–Trinajstić information content (AvgIpc) is 2.96. The van der Waals surface area contributed by atoms with Crippen LogP contribution in [0.4, 0.5) is 5.13 Å². The fourth-order valence-electron chi connectivity index (χ4n) is 2.34. The SMILES string of the molecule is Cc1csc(NC(=O)c2ccc(=O)n(Cc3ccccc3C)c2)n1. The first-order valence-electron chi connectivity index (χ1n) is 7.51. The quantitative estimate of drug-likeness (QED) is 0.794. The van der Waals surface area contributed by atoms with Crippen molar-refractivity contribution in [1.29, 1.82) is 0 Å². The lowest BCUT2D eigenvalue weighted by Gasteiger charge is -2.10. The summed E-state index contributed by atoms with van der Waals surface area (Å²) in [6, 6.07) is 10.8. The second kappa shape index (κ2) is 6.80. The number of nitrogens with one attached hydrogen (secondary N) is 1. The van der Waals surface area contributed by atoms with Crippen LogP contribution in [0.1, 0.15) is 27.2 Å². The molecule has 0 saturated heterocycles. The highest BCUT2D eigenvalue weighted by atomic mass is 32.1. The number of hydrogen-bond donors (Lipinski definition) is 1. The summed E-state index contributed by atoms with van der Waals surface area (Å²) in [5.74, 6) is -0.275. The van der Waals surface area contributed by atoms with E-state index in [9.17, 15) is 9.59 Å². The molecule has 3 aromatic rings. The van der Waals surface area contributed by atoms with Gasteiger partial charge in [-0.25, -0.2) is 4.98 Å². The number of carbonyl (C=O) groups excluding carboxylic acids is 1. The first-order valence-corrected chi connectivity index (χ1v) is 8.39. The summed E-state index contributed by atoms with van der Waals surface area (Å²) in [5, 5.41) is 5.17. The van der Waals surface area contributed by atoms with Crippen LogP contribution in [0.25, 0.3) is 0 Å². The fourth-order valence-corrected chi connectivity index (χ4v) is 3.02. The third-order valence-electron chi connectivity index (χ3n) is 3.69. The van der Waals surface area contributed by atoms with Gasteiger partial charge in [0.1, 0.15) is 0 Å². The molecule has 24 heavy (non-hydrogen) atoms. The molecule has 0 radical (unpaired) electrons. The zero-order valence-corrected chi connectivity index (χ0v) is 14.3. The summed E-state index contributed by atoms with van der Waals surface area (Å²) in [4.78, 5) is 28.7. The van der Waals surface area contributed by atoms with E-state index in [0.29, 0.717) is 17.2 Å². The minimum absolute atomic E-state index is 0.139. The molecule has 0 atom stereocenters. The normalized spacial score (nSPS) is 10.6. The Balaban J connectivity index is 1.84. The fraction of sp³-hybridized carbons (Fsp3) is 0.167. The molecule has 2 heterocycles. The average molecular weight is 339 g/mol. The van der Waals surface area contributed by atoms with Gasteiger partial charge in [-0.1, -0.05) is 24.3 Å². The smallest absolute Gasteiger partial charge is 0.258 e. The van der Waals surface area contributed by atoms with Crippen molar-refractivity contribution in [3.63, 3.8) is 0 Å². The Kier molecular flexibility index (Phi) is 4.57. The van der Waals surface area contributed by atoms with Gasteiger partial charge in [0, 0.05) is 17.6 Å². The Labute approximate surface area is 143 Å². The molecule has 3 rings (SSSR count). The number of carbonyl (C=O) groups is 1. The van der Waals surface area contributed by atoms with E-state index >= 15 is 0 Å². The summed E-state index contributed by atoms with van der Waals surface area (Å²) >= 11 is 1.37. The monoisotopic (exact) mass is 339 g/mol. The van der Waals surface area contributed by atoms with Gasteiger partial charge >= 0.3 is 0 Å². The highest BCUT2D eigenvalue weighted by molar-refractivity contribution is 7.13. The minimum atomic E-state index is -0.275. The number of pyridine rings is 1. The number of rotatable bonds is 4. The molecule has 0 bridgehead atoms. The summed E-state index contributed by atoms with van der Waals surface area (Å²) in [7, 11) is 0. The molecule has 1 amide bonds. The summed E-state index contributed by atoms with van der Waals surface area (Å²) in [6.07, 6.45) is 1.59. The van der Waals surface area contributed by atoms with E-state index in [0.717, 1.165) is 16.8 Å². The molecule has 5 nitrogen and oxygen atoms in total. The molecule has 1 N–H and O–H groups in total. The van der Waals surface area contributed by atoms with Crippen LogP contribution in [-0.2, 0) is 6.54 Å². The lowest BCUT2D eigenvalue weighted by Crippen LogP contribution is -2.22. The van der Waals surface area contributed by atoms with Gasteiger partial charge in [-0.15, -0.1) is 11.3 Å². The van der Waals surface area contributed by atoms with Gasteiger partial charge in [-0.05, 0) is 31.0 Å². The molecular formula is C18H17N3O2S. The molecule has 0 aliphatic carbocycles. The standard InChI is InChI=1S/C18H17N3O2S/c1-12-5-3-4-6-14(12)9-21-10-15(7-8-16(21)22)17(23)20-18-19-13(2)11-24-18/h3-8,10-11H,9H2,1-2H3,(H,19,20,23). The Hall–Kier alpha value is -2.73. The number of aryl methyl sites for hydroxylation is 2. The number of amides is 1. The molecule has 0 aliphatic heterocycles. The van der Waals surface area contributed by atoms with Crippen LogP contribution in [0.5, 0.6) is 0 Å². The molecule has 2 aromatic heterocycles. The molecular weight excluding hydrogens is 322 g/mol. The van der Waals surface area contributed by atoms with Crippen molar-refractivity contribution >= 4 is 22.4 Å². The maximum atomic E-state index is 12.3. The summed E-state index contributed by atoms with van der Waals surface area (Å²) in [5.41, 5.74) is 3.31. The molecule has 122 valence electrons. The third-order valence-corrected chi connectivity index (χ3v) is 4.56. The molecule has 0 aliphatic rings. The van der Waals surface area contributed by atoms with Crippen molar-refractivity contribution in [3.8, 4) is 0 Å². The number of thiazole rings is 1. The second-order valence-electron chi connectivity index (χ2n) is 5.56. The van der Waals surface area contributed by atoms with E-state index in [2.05, 4.69) is 10.3 Å². The Morgan fingerprint density at radius 2 is 2.00 bits per heavy atom. The van der Waals surface area contributed by atoms with Crippen LogP contribution < -0.4 is 10.9 Å². The zero-order chi connectivity index (χ0) is 17.1. The van der Waals surface area contributed by atoms with Gasteiger partial charge in [0.05, 0.1) is 17.8 Å². The molecule has 0 unspecified atom stereocenters. The van der Waals surface area contributed by atoms with Crippen LogP contribution in [0.3, 0.4) is 0 Å². The van der Waals surface area contributed by atoms with Crippen molar-refractivity contribution < 1.29 is 4.79 Å². The lowest BCUT2D eigenvalue weighted by molar-refractivity contribution is 0.102. The van der Waals surface area contributed by atoms with Crippen molar-refractivity contribution in [1.82, 2.24) is 9.55 Å². The van der Waals surface area contributed by atoms with Crippen molar-refractivity contribution in [2.75, 3.05) is 5.32 Å². The van der Waals surface area contributed by atoms with E-state index < -0.39 is 0 Å². The predicted molar refractivity (Wildman–Crippen MR) is 95.8 cm³/mol. The number of nitrogens with zero attached hydrogens (tertiary/aromatic N) is 2. The first kappa shape index (κ1) is 16.1. The molecule has 0 saturated carbocycles. The van der Waals surface area contributed by atoms with Gasteiger partial charge in [0.2, 0.25) is 0 Å². The number of hydrogen-bond acceptors (Lipinski definition) is 4. The number of aromatic nitrogens is 2. The van der Waals surface area contributed by atoms with Gasteiger partial charge < -0.3 is 4.57 Å². The number of anilines is 1. The lowest BCUT2D eigenvalue weighted by atomic mass is 10.1. The maximum absolute atomic E-state index is 12.3. The zero-order valence-electron chi connectivity index (χ0n) is 13.4. The van der Waals surface area contributed by atoms with Crippen LogP contribution in [-0.4, -0.2) is 15.5 Å². The van der Waals surface area contributed by atoms with Crippen molar-refractivity contribution in [3.05, 3.63) is 80.7 Å². The largest absolute Gasteiger partial charge is 0.310 e. The molecule has 0 spiro atoms. The van der Waals surface area contributed by atoms with Gasteiger partial charge in [0.25, 0.3) is 11.5 Å². The summed E-state index contributed by atoms with van der Waals surface area (Å²) < 4.78 is 1.55. The van der Waals surface area contributed by atoms with Crippen LogP contribution in [0.15, 0.2) is 52.8 Å². The molecule has 6 heteroatoms. The van der Waals surface area contributed by atoms with Crippen LogP contribution >= 0.6 is 11.3 Å².